The summed E-state index contributed by atoms with van der Waals surface area (Å²) in [6, 6.07) is 6.86. The summed E-state index contributed by atoms with van der Waals surface area (Å²) >= 11 is 2.61. The fourth-order valence-corrected chi connectivity index (χ4v) is 3.05. The van der Waals surface area contributed by atoms with Gasteiger partial charge >= 0.3 is 0 Å². The lowest BCUT2D eigenvalue weighted by atomic mass is 10.2. The topological polar surface area (TPSA) is 78.4 Å². The normalized spacial score (nSPS) is 11.9. The molecule has 1 atom stereocenters. The second-order valence-corrected chi connectivity index (χ2v) is 5.88. The van der Waals surface area contributed by atoms with Crippen molar-refractivity contribution in [2.45, 2.75) is 13.0 Å². The average Bonchev–Trinajstić information content (AvgIpc) is 3.08. The molecule has 2 aromatic rings. The van der Waals surface area contributed by atoms with Crippen molar-refractivity contribution < 1.29 is 14.8 Å². The zero-order chi connectivity index (χ0) is 13.8. The van der Waals surface area contributed by atoms with Crippen LogP contribution in [0.15, 0.2) is 29.6 Å². The van der Waals surface area contributed by atoms with E-state index in [9.17, 15) is 9.59 Å². The van der Waals surface area contributed by atoms with E-state index in [0.29, 0.717) is 4.88 Å². The van der Waals surface area contributed by atoms with Crippen LogP contribution in [0.25, 0.3) is 0 Å². The maximum atomic E-state index is 12.0. The van der Waals surface area contributed by atoms with Gasteiger partial charge in [0.05, 0.1) is 15.8 Å². The van der Waals surface area contributed by atoms with Gasteiger partial charge in [0.2, 0.25) is 0 Å². The number of hydroxylamine groups is 1. The van der Waals surface area contributed by atoms with Crippen molar-refractivity contribution in [1.29, 1.82) is 0 Å². The zero-order valence-electron chi connectivity index (χ0n) is 10.0. The zero-order valence-corrected chi connectivity index (χ0v) is 11.7. The van der Waals surface area contributed by atoms with Gasteiger partial charge in [-0.05, 0) is 30.5 Å². The highest BCUT2D eigenvalue weighted by Crippen LogP contribution is 2.21. The predicted molar refractivity (Wildman–Crippen MR) is 73.8 cm³/mol. The number of nitrogens with one attached hydrogen (secondary N) is 2. The van der Waals surface area contributed by atoms with Crippen LogP contribution in [-0.4, -0.2) is 17.0 Å². The Balaban J connectivity index is 2.04. The highest BCUT2D eigenvalue weighted by atomic mass is 32.1. The third-order valence-electron chi connectivity index (χ3n) is 2.47. The summed E-state index contributed by atoms with van der Waals surface area (Å²) < 4.78 is 0. The first-order valence-corrected chi connectivity index (χ1v) is 7.20. The molecule has 0 unspecified atom stereocenters. The standard InChI is InChI=1S/C12H12N2O3S2/c1-7(8-3-2-6-18-8)13-11(15)9-4-5-10(19-9)12(16)14-17/h2-7,17H,1H3,(H,13,15)(H,14,16)/t7-/m1/s1. The van der Waals surface area contributed by atoms with Crippen LogP contribution in [0.5, 0.6) is 0 Å². The van der Waals surface area contributed by atoms with E-state index in [4.69, 9.17) is 5.21 Å². The Morgan fingerprint density at radius 1 is 1.21 bits per heavy atom. The molecule has 0 aliphatic carbocycles. The Kier molecular flexibility index (Phi) is 4.31. The van der Waals surface area contributed by atoms with Crippen LogP contribution >= 0.6 is 22.7 Å². The number of hydrogen-bond donors (Lipinski definition) is 3. The van der Waals surface area contributed by atoms with E-state index in [1.54, 1.807) is 17.4 Å². The van der Waals surface area contributed by atoms with Crippen LogP contribution in [0.2, 0.25) is 0 Å². The first kappa shape index (κ1) is 13.7. The summed E-state index contributed by atoms with van der Waals surface area (Å²) in [6.07, 6.45) is 0. The van der Waals surface area contributed by atoms with E-state index in [1.165, 1.54) is 11.5 Å². The van der Waals surface area contributed by atoms with Gasteiger partial charge in [0.25, 0.3) is 11.8 Å². The summed E-state index contributed by atoms with van der Waals surface area (Å²) in [5.41, 5.74) is 1.54. The molecule has 0 aromatic carbocycles. The largest absolute Gasteiger partial charge is 0.344 e. The minimum Gasteiger partial charge on any atom is -0.344 e. The monoisotopic (exact) mass is 296 g/mol. The maximum Gasteiger partial charge on any atom is 0.284 e. The third-order valence-corrected chi connectivity index (χ3v) is 4.61. The quantitative estimate of drug-likeness (QED) is 0.599. The first-order chi connectivity index (χ1) is 9.11. The molecule has 5 nitrogen and oxygen atoms in total. The molecule has 100 valence electrons. The summed E-state index contributed by atoms with van der Waals surface area (Å²) in [7, 11) is 0. The lowest BCUT2D eigenvalue weighted by Gasteiger charge is -2.10. The number of rotatable bonds is 4. The lowest BCUT2D eigenvalue weighted by molar-refractivity contribution is 0.0711. The van der Waals surface area contributed by atoms with E-state index in [2.05, 4.69) is 5.32 Å². The average molecular weight is 296 g/mol. The number of thiophene rings is 2. The van der Waals surface area contributed by atoms with Crippen molar-refractivity contribution in [3.63, 3.8) is 0 Å². The molecule has 2 heterocycles. The van der Waals surface area contributed by atoms with Crippen molar-refractivity contribution >= 4 is 34.5 Å². The number of hydrogen-bond acceptors (Lipinski definition) is 5. The summed E-state index contributed by atoms with van der Waals surface area (Å²) in [5, 5.41) is 13.3. The predicted octanol–water partition coefficient (Wildman–Crippen LogP) is 2.42. The third kappa shape index (κ3) is 3.19. The molecule has 0 radical (unpaired) electrons. The molecule has 0 spiro atoms. The molecular formula is C12H12N2O3S2. The first-order valence-electron chi connectivity index (χ1n) is 5.50. The summed E-state index contributed by atoms with van der Waals surface area (Å²) in [6.45, 7) is 1.90. The highest BCUT2D eigenvalue weighted by Gasteiger charge is 2.16. The SMILES string of the molecule is C[C@@H](NC(=O)c1ccc(C(=O)NO)s1)c1cccs1. The Labute approximate surface area is 117 Å². The highest BCUT2D eigenvalue weighted by molar-refractivity contribution is 7.16. The number of carbonyl (C=O) groups excluding carboxylic acids is 2. The lowest BCUT2D eigenvalue weighted by Crippen LogP contribution is -2.25. The van der Waals surface area contributed by atoms with Gasteiger partial charge < -0.3 is 5.32 Å². The second kappa shape index (κ2) is 5.96. The van der Waals surface area contributed by atoms with Gasteiger partial charge in [-0.25, -0.2) is 5.48 Å². The maximum absolute atomic E-state index is 12.0. The van der Waals surface area contributed by atoms with Crippen LogP contribution in [0.4, 0.5) is 0 Å². The van der Waals surface area contributed by atoms with E-state index >= 15 is 0 Å². The van der Waals surface area contributed by atoms with Gasteiger partial charge in [-0.3, -0.25) is 14.8 Å². The van der Waals surface area contributed by atoms with Crippen molar-refractivity contribution in [3.05, 3.63) is 44.3 Å². The molecule has 7 heteroatoms. The second-order valence-electron chi connectivity index (χ2n) is 3.82. The van der Waals surface area contributed by atoms with E-state index < -0.39 is 5.91 Å². The molecule has 3 N–H and O–H groups in total. The molecule has 0 aliphatic heterocycles. The van der Waals surface area contributed by atoms with Gasteiger partial charge in [-0.15, -0.1) is 22.7 Å². The number of amides is 2. The van der Waals surface area contributed by atoms with Crippen LogP contribution in [0, 0.1) is 0 Å². The summed E-state index contributed by atoms with van der Waals surface area (Å²) in [4.78, 5) is 25.0. The van der Waals surface area contributed by atoms with Crippen molar-refractivity contribution in [1.82, 2.24) is 10.8 Å². The fraction of sp³-hybridized carbons (Fsp3) is 0.167. The van der Waals surface area contributed by atoms with Crippen molar-refractivity contribution in [2.24, 2.45) is 0 Å². The van der Waals surface area contributed by atoms with Crippen LogP contribution < -0.4 is 10.8 Å². The molecule has 19 heavy (non-hydrogen) atoms. The molecule has 2 aromatic heterocycles. The molecule has 0 saturated carbocycles. The molecular weight excluding hydrogens is 284 g/mol. The van der Waals surface area contributed by atoms with Gasteiger partial charge in [0.1, 0.15) is 0 Å². The molecule has 2 amide bonds. The smallest absolute Gasteiger partial charge is 0.284 e. The van der Waals surface area contributed by atoms with Crippen LogP contribution in [0.3, 0.4) is 0 Å². The van der Waals surface area contributed by atoms with Crippen LogP contribution in [0.1, 0.15) is 37.2 Å². The minimum atomic E-state index is -0.615. The van der Waals surface area contributed by atoms with Crippen molar-refractivity contribution in [3.8, 4) is 0 Å². The van der Waals surface area contributed by atoms with Crippen LogP contribution in [-0.2, 0) is 0 Å². The fourth-order valence-electron chi connectivity index (χ4n) is 1.51. The molecule has 0 fully saturated rings. The van der Waals surface area contributed by atoms with Gasteiger partial charge in [-0.1, -0.05) is 6.07 Å². The Bertz CT molecular complexity index is 578. The number of carbonyl (C=O) groups is 2. The van der Waals surface area contributed by atoms with Gasteiger partial charge in [0.15, 0.2) is 0 Å². The molecule has 2 rings (SSSR count). The Morgan fingerprint density at radius 2 is 1.89 bits per heavy atom. The summed E-state index contributed by atoms with van der Waals surface area (Å²) in [5.74, 6) is -0.849. The van der Waals surface area contributed by atoms with Gasteiger partial charge in [-0.2, -0.15) is 0 Å². The molecule has 0 aliphatic rings. The molecule has 0 bridgehead atoms. The van der Waals surface area contributed by atoms with E-state index in [0.717, 1.165) is 16.2 Å². The molecule has 0 saturated heterocycles. The van der Waals surface area contributed by atoms with E-state index in [-0.39, 0.29) is 16.8 Å². The van der Waals surface area contributed by atoms with Crippen molar-refractivity contribution in [2.75, 3.05) is 0 Å². The van der Waals surface area contributed by atoms with Gasteiger partial charge in [0, 0.05) is 4.88 Å². The Morgan fingerprint density at radius 3 is 2.47 bits per heavy atom. The Hall–Kier alpha value is -1.70. The van der Waals surface area contributed by atoms with E-state index in [1.807, 2.05) is 24.4 Å². The minimum absolute atomic E-state index is 0.0790.